The summed E-state index contributed by atoms with van der Waals surface area (Å²) in [4.78, 5) is 8.92. The average molecular weight is 240 g/mol. The van der Waals surface area contributed by atoms with Gasteiger partial charge in [-0.1, -0.05) is 13.8 Å². The van der Waals surface area contributed by atoms with Crippen LogP contribution < -0.4 is 5.73 Å². The number of hydrogen-bond acceptors (Lipinski definition) is 2. The molecule has 0 aromatic carbocycles. The predicted molar refractivity (Wildman–Crippen MR) is 74.2 cm³/mol. The lowest BCUT2D eigenvalue weighted by Crippen LogP contribution is -2.41. The van der Waals surface area contributed by atoms with Crippen LogP contribution in [0.2, 0.25) is 0 Å². The highest BCUT2D eigenvalue weighted by Crippen LogP contribution is 2.16. The molecule has 1 fully saturated rings. The largest absolute Gasteiger partial charge is 0.370 e. The Labute approximate surface area is 106 Å². The summed E-state index contributed by atoms with van der Waals surface area (Å²) in [5, 5.41) is 0. The van der Waals surface area contributed by atoms with Crippen LogP contribution in [-0.4, -0.2) is 56.0 Å². The summed E-state index contributed by atoms with van der Waals surface area (Å²) in [6, 6.07) is 0. The van der Waals surface area contributed by atoms with Gasteiger partial charge < -0.3 is 15.5 Å². The van der Waals surface area contributed by atoms with E-state index >= 15 is 0 Å². The lowest BCUT2D eigenvalue weighted by atomic mass is 9.97. The molecule has 0 aromatic rings. The van der Waals surface area contributed by atoms with Gasteiger partial charge in [-0.15, -0.1) is 0 Å². The van der Waals surface area contributed by atoms with Crippen LogP contribution in [-0.2, 0) is 0 Å². The average Bonchev–Trinajstić information content (AvgIpc) is 2.28. The van der Waals surface area contributed by atoms with Crippen molar-refractivity contribution in [2.75, 3.05) is 40.3 Å². The lowest BCUT2D eigenvalue weighted by molar-refractivity contribution is 0.199. The van der Waals surface area contributed by atoms with E-state index in [1.54, 1.807) is 0 Å². The maximum absolute atomic E-state index is 5.98. The molecule has 0 atom stereocenters. The van der Waals surface area contributed by atoms with Crippen molar-refractivity contribution in [2.24, 2.45) is 22.6 Å². The van der Waals surface area contributed by atoms with Crippen molar-refractivity contribution in [2.45, 2.75) is 26.7 Å². The highest BCUT2D eigenvalue weighted by atomic mass is 15.2. The molecule has 17 heavy (non-hydrogen) atoms. The Bertz CT molecular complexity index is 242. The minimum Gasteiger partial charge on any atom is -0.370 e. The number of aliphatic imine (C=N–C) groups is 1. The van der Waals surface area contributed by atoms with E-state index in [0.29, 0.717) is 11.9 Å². The molecule has 0 saturated carbocycles. The van der Waals surface area contributed by atoms with Gasteiger partial charge in [0.15, 0.2) is 5.96 Å². The first-order chi connectivity index (χ1) is 7.99. The molecular formula is C13H28N4. The van der Waals surface area contributed by atoms with Crippen molar-refractivity contribution in [3.63, 3.8) is 0 Å². The summed E-state index contributed by atoms with van der Waals surface area (Å²) in [5.41, 5.74) is 5.98. The lowest BCUT2D eigenvalue weighted by Gasteiger charge is -2.32. The Morgan fingerprint density at radius 1 is 1.41 bits per heavy atom. The predicted octanol–water partition coefficient (Wildman–Crippen LogP) is 1.23. The summed E-state index contributed by atoms with van der Waals surface area (Å²) in [7, 11) is 4.25. The molecule has 0 radical (unpaired) electrons. The Hall–Kier alpha value is -0.770. The highest BCUT2D eigenvalue weighted by Gasteiger charge is 2.18. The van der Waals surface area contributed by atoms with E-state index in [1.165, 1.54) is 25.9 Å². The maximum Gasteiger partial charge on any atom is 0.191 e. The van der Waals surface area contributed by atoms with E-state index in [0.717, 1.165) is 19.0 Å². The molecule has 0 spiro atoms. The summed E-state index contributed by atoms with van der Waals surface area (Å²) in [5.74, 6) is 2.03. The zero-order valence-corrected chi connectivity index (χ0v) is 11.8. The summed E-state index contributed by atoms with van der Waals surface area (Å²) in [6.45, 7) is 8.61. The minimum atomic E-state index is 0.574. The van der Waals surface area contributed by atoms with Crippen LogP contribution in [0, 0.1) is 11.8 Å². The van der Waals surface area contributed by atoms with Gasteiger partial charge in [0.05, 0.1) is 0 Å². The number of hydrogen-bond donors (Lipinski definition) is 1. The molecule has 0 amide bonds. The summed E-state index contributed by atoms with van der Waals surface area (Å²) >= 11 is 0. The van der Waals surface area contributed by atoms with Crippen LogP contribution >= 0.6 is 0 Å². The van der Waals surface area contributed by atoms with Gasteiger partial charge in [0.25, 0.3) is 0 Å². The number of nitrogens with zero attached hydrogens (tertiary/aromatic N) is 3. The fraction of sp³-hybridized carbons (Fsp3) is 0.923. The van der Waals surface area contributed by atoms with Crippen LogP contribution in [0.5, 0.6) is 0 Å². The van der Waals surface area contributed by atoms with Crippen molar-refractivity contribution >= 4 is 5.96 Å². The quantitative estimate of drug-likeness (QED) is 0.594. The van der Waals surface area contributed by atoms with Gasteiger partial charge in [0.1, 0.15) is 0 Å². The first kappa shape index (κ1) is 14.3. The molecule has 100 valence electrons. The zero-order chi connectivity index (χ0) is 12.8. The number of piperidine rings is 1. The van der Waals surface area contributed by atoms with E-state index in [-0.39, 0.29) is 0 Å². The molecule has 1 rings (SSSR count). The molecule has 4 nitrogen and oxygen atoms in total. The smallest absolute Gasteiger partial charge is 0.191 e. The summed E-state index contributed by atoms with van der Waals surface area (Å²) in [6.07, 6.45) is 2.55. The molecule has 0 unspecified atom stereocenters. The second kappa shape index (κ2) is 6.84. The van der Waals surface area contributed by atoms with E-state index in [1.807, 2.05) is 0 Å². The molecule has 1 heterocycles. The van der Waals surface area contributed by atoms with Gasteiger partial charge in [-0.3, -0.25) is 4.99 Å². The monoisotopic (exact) mass is 240 g/mol. The van der Waals surface area contributed by atoms with Crippen molar-refractivity contribution < 1.29 is 0 Å². The van der Waals surface area contributed by atoms with E-state index < -0.39 is 0 Å². The Morgan fingerprint density at radius 3 is 2.53 bits per heavy atom. The van der Waals surface area contributed by atoms with Crippen LogP contribution in [0.4, 0.5) is 0 Å². The second-order valence-corrected chi connectivity index (χ2v) is 5.72. The molecule has 4 heteroatoms. The second-order valence-electron chi connectivity index (χ2n) is 5.72. The third kappa shape index (κ3) is 5.39. The van der Waals surface area contributed by atoms with Gasteiger partial charge in [-0.2, -0.15) is 0 Å². The van der Waals surface area contributed by atoms with Gasteiger partial charge in [-0.05, 0) is 44.8 Å². The minimum absolute atomic E-state index is 0.574. The first-order valence-corrected chi connectivity index (χ1v) is 6.68. The number of likely N-dealkylation sites (tertiary alicyclic amines) is 1. The zero-order valence-electron chi connectivity index (χ0n) is 11.8. The van der Waals surface area contributed by atoms with Crippen LogP contribution in [0.25, 0.3) is 0 Å². The SMILES string of the molecule is CC(C)CN=C(N)N(C)CC1CCN(C)CC1. The molecule has 0 aromatic heterocycles. The third-order valence-electron chi connectivity index (χ3n) is 3.38. The van der Waals surface area contributed by atoms with E-state index in [9.17, 15) is 0 Å². The molecule has 1 aliphatic heterocycles. The molecule has 1 aliphatic rings. The van der Waals surface area contributed by atoms with Gasteiger partial charge in [-0.25, -0.2) is 0 Å². The highest BCUT2D eigenvalue weighted by molar-refractivity contribution is 5.77. The third-order valence-corrected chi connectivity index (χ3v) is 3.38. The number of rotatable bonds is 4. The van der Waals surface area contributed by atoms with Crippen LogP contribution in [0.15, 0.2) is 4.99 Å². The van der Waals surface area contributed by atoms with E-state index in [4.69, 9.17) is 5.73 Å². The van der Waals surface area contributed by atoms with Crippen molar-refractivity contribution in [1.29, 1.82) is 0 Å². The molecule has 0 bridgehead atoms. The summed E-state index contributed by atoms with van der Waals surface area (Å²) < 4.78 is 0. The normalized spacial score (nSPS) is 19.9. The fourth-order valence-corrected chi connectivity index (χ4v) is 2.12. The van der Waals surface area contributed by atoms with Crippen molar-refractivity contribution in [3.8, 4) is 0 Å². The molecule has 0 aliphatic carbocycles. The Kier molecular flexibility index (Phi) is 5.75. The molecule has 2 N–H and O–H groups in total. The fourth-order valence-electron chi connectivity index (χ4n) is 2.12. The van der Waals surface area contributed by atoms with E-state index in [2.05, 4.69) is 42.7 Å². The first-order valence-electron chi connectivity index (χ1n) is 6.68. The maximum atomic E-state index is 5.98. The van der Waals surface area contributed by atoms with Gasteiger partial charge >= 0.3 is 0 Å². The van der Waals surface area contributed by atoms with Crippen LogP contribution in [0.1, 0.15) is 26.7 Å². The van der Waals surface area contributed by atoms with Crippen molar-refractivity contribution in [1.82, 2.24) is 9.80 Å². The Balaban J connectivity index is 2.32. The topological polar surface area (TPSA) is 44.9 Å². The molecular weight excluding hydrogens is 212 g/mol. The number of guanidine groups is 1. The van der Waals surface area contributed by atoms with Gasteiger partial charge in [0, 0.05) is 20.1 Å². The Morgan fingerprint density at radius 2 is 2.00 bits per heavy atom. The standard InChI is InChI=1S/C13H28N4/c1-11(2)9-15-13(14)17(4)10-12-5-7-16(3)8-6-12/h11-12H,5-10H2,1-4H3,(H2,14,15). The van der Waals surface area contributed by atoms with Crippen LogP contribution in [0.3, 0.4) is 0 Å². The molecule has 1 saturated heterocycles. The number of nitrogens with two attached hydrogens (primary N) is 1. The van der Waals surface area contributed by atoms with Crippen molar-refractivity contribution in [3.05, 3.63) is 0 Å². The van der Waals surface area contributed by atoms with Gasteiger partial charge in [0.2, 0.25) is 0 Å².